The summed E-state index contributed by atoms with van der Waals surface area (Å²) in [5, 5.41) is 0. The molecule has 0 aliphatic heterocycles. The molecule has 0 amide bonds. The summed E-state index contributed by atoms with van der Waals surface area (Å²) < 4.78 is 31.6. The number of carbonyl (C=O) groups excluding carboxylic acids is 2. The van der Waals surface area contributed by atoms with Gasteiger partial charge in [0.15, 0.2) is 5.78 Å². The second-order valence-electron chi connectivity index (χ2n) is 3.67. The molecule has 0 saturated heterocycles. The number of hydrogen-bond donors (Lipinski definition) is 0. The van der Waals surface area contributed by atoms with Gasteiger partial charge in [-0.3, -0.25) is 9.59 Å². The van der Waals surface area contributed by atoms with Crippen LogP contribution in [0.2, 0.25) is 0 Å². The van der Waals surface area contributed by atoms with Gasteiger partial charge in [0.05, 0.1) is 12.2 Å². The van der Waals surface area contributed by atoms with Gasteiger partial charge >= 0.3 is 5.97 Å². The second kappa shape index (κ2) is 6.23. The highest BCUT2D eigenvalue weighted by Crippen LogP contribution is 2.19. The first-order chi connectivity index (χ1) is 8.52. The van der Waals surface area contributed by atoms with E-state index in [-0.39, 0.29) is 13.0 Å². The molecule has 0 fully saturated rings. The number of esters is 1. The largest absolute Gasteiger partial charge is 0.465 e. The molecule has 1 unspecified atom stereocenters. The minimum atomic E-state index is -1.17. The van der Waals surface area contributed by atoms with Crippen LogP contribution in [0.25, 0.3) is 0 Å². The third-order valence-corrected chi connectivity index (χ3v) is 2.51. The number of rotatable bonds is 5. The van der Waals surface area contributed by atoms with Crippen molar-refractivity contribution in [1.82, 2.24) is 0 Å². The zero-order valence-electron chi connectivity index (χ0n) is 10.2. The molecule has 0 N–H and O–H groups in total. The summed E-state index contributed by atoms with van der Waals surface area (Å²) in [7, 11) is 0. The van der Waals surface area contributed by atoms with Crippen molar-refractivity contribution in [2.24, 2.45) is 5.92 Å². The van der Waals surface area contributed by atoms with Crippen LogP contribution < -0.4 is 0 Å². The maximum atomic E-state index is 13.4. The summed E-state index contributed by atoms with van der Waals surface area (Å²) >= 11 is 0. The fraction of sp³-hybridized carbons (Fsp3) is 0.385. The van der Waals surface area contributed by atoms with E-state index in [0.717, 1.165) is 18.2 Å². The Bertz CT molecular complexity index is 437. The van der Waals surface area contributed by atoms with E-state index in [2.05, 4.69) is 0 Å². The number of hydrogen-bond acceptors (Lipinski definition) is 3. The van der Waals surface area contributed by atoms with Crippen LogP contribution in [-0.4, -0.2) is 18.4 Å². The van der Waals surface area contributed by atoms with Crippen molar-refractivity contribution >= 4 is 11.8 Å². The zero-order chi connectivity index (χ0) is 13.7. The summed E-state index contributed by atoms with van der Waals surface area (Å²) in [5.41, 5.74) is -0.683. The molecule has 1 rings (SSSR count). The first-order valence-electron chi connectivity index (χ1n) is 5.67. The normalized spacial score (nSPS) is 12.0. The molecule has 0 bridgehead atoms. The molecule has 98 valence electrons. The van der Waals surface area contributed by atoms with Crippen molar-refractivity contribution in [3.63, 3.8) is 0 Å². The van der Waals surface area contributed by atoms with Gasteiger partial charge in [-0.2, -0.15) is 0 Å². The van der Waals surface area contributed by atoms with Crippen molar-refractivity contribution in [2.75, 3.05) is 6.61 Å². The van der Waals surface area contributed by atoms with E-state index < -0.39 is 34.9 Å². The van der Waals surface area contributed by atoms with Crippen LogP contribution in [0.1, 0.15) is 30.6 Å². The SMILES string of the molecule is CCOC(=O)C(CC)C(=O)c1c(F)cccc1F. The predicted molar refractivity (Wildman–Crippen MR) is 61.1 cm³/mol. The Kier molecular flexibility index (Phi) is 4.95. The Morgan fingerprint density at radius 2 is 1.78 bits per heavy atom. The Hall–Kier alpha value is -1.78. The van der Waals surface area contributed by atoms with Crippen LogP contribution in [0.15, 0.2) is 18.2 Å². The van der Waals surface area contributed by atoms with Crippen LogP contribution in [0.4, 0.5) is 8.78 Å². The fourth-order valence-electron chi connectivity index (χ4n) is 1.61. The van der Waals surface area contributed by atoms with Crippen molar-refractivity contribution in [2.45, 2.75) is 20.3 Å². The Morgan fingerprint density at radius 1 is 1.22 bits per heavy atom. The maximum Gasteiger partial charge on any atom is 0.316 e. The second-order valence-corrected chi connectivity index (χ2v) is 3.67. The number of halogens is 2. The first-order valence-corrected chi connectivity index (χ1v) is 5.67. The molecular formula is C13H14F2O3. The van der Waals surface area contributed by atoms with Gasteiger partial charge in [-0.15, -0.1) is 0 Å². The smallest absolute Gasteiger partial charge is 0.316 e. The number of carbonyl (C=O) groups is 2. The summed E-state index contributed by atoms with van der Waals surface area (Å²) in [5.74, 6) is -4.75. The number of ketones is 1. The van der Waals surface area contributed by atoms with Crippen molar-refractivity contribution in [3.8, 4) is 0 Å². The molecule has 0 aromatic heterocycles. The molecule has 0 saturated carbocycles. The summed E-state index contributed by atoms with van der Waals surface area (Å²) in [6.07, 6.45) is 0.130. The van der Waals surface area contributed by atoms with Gasteiger partial charge in [0.2, 0.25) is 0 Å². The Labute approximate surface area is 104 Å². The quantitative estimate of drug-likeness (QED) is 0.462. The van der Waals surface area contributed by atoms with Gasteiger partial charge in [-0.1, -0.05) is 13.0 Å². The van der Waals surface area contributed by atoms with Gasteiger partial charge in [-0.05, 0) is 25.5 Å². The predicted octanol–water partition coefficient (Wildman–Crippen LogP) is 2.74. The third-order valence-electron chi connectivity index (χ3n) is 2.51. The van der Waals surface area contributed by atoms with Crippen molar-refractivity contribution in [3.05, 3.63) is 35.4 Å². The molecule has 0 heterocycles. The van der Waals surface area contributed by atoms with Crippen LogP contribution in [0.3, 0.4) is 0 Å². The topological polar surface area (TPSA) is 43.4 Å². The summed E-state index contributed by atoms with van der Waals surface area (Å²) in [6.45, 7) is 3.29. The lowest BCUT2D eigenvalue weighted by molar-refractivity contribution is -0.146. The maximum absolute atomic E-state index is 13.4. The lowest BCUT2D eigenvalue weighted by atomic mass is 9.94. The molecule has 1 aromatic rings. The van der Waals surface area contributed by atoms with E-state index >= 15 is 0 Å². The lowest BCUT2D eigenvalue weighted by Gasteiger charge is -2.13. The average Bonchev–Trinajstić information content (AvgIpc) is 2.30. The molecule has 0 radical (unpaired) electrons. The Balaban J connectivity index is 3.08. The van der Waals surface area contributed by atoms with Gasteiger partial charge < -0.3 is 4.74 Å². The summed E-state index contributed by atoms with van der Waals surface area (Å²) in [6, 6.07) is 3.12. The number of ether oxygens (including phenoxy) is 1. The standard InChI is InChI=1S/C13H14F2O3/c1-3-8(13(17)18-4-2)12(16)11-9(14)6-5-7-10(11)15/h5-8H,3-4H2,1-2H3. The van der Waals surface area contributed by atoms with E-state index in [1.165, 1.54) is 0 Å². The highest BCUT2D eigenvalue weighted by molar-refractivity contribution is 6.08. The van der Waals surface area contributed by atoms with Gasteiger partial charge in [0.25, 0.3) is 0 Å². The van der Waals surface area contributed by atoms with E-state index in [0.29, 0.717) is 0 Å². The minimum Gasteiger partial charge on any atom is -0.465 e. The first kappa shape index (κ1) is 14.3. The molecule has 0 spiro atoms. The highest BCUT2D eigenvalue weighted by atomic mass is 19.1. The molecule has 1 aromatic carbocycles. The van der Waals surface area contributed by atoms with Crippen LogP contribution >= 0.6 is 0 Å². The molecule has 3 nitrogen and oxygen atoms in total. The molecule has 1 atom stereocenters. The monoisotopic (exact) mass is 256 g/mol. The lowest BCUT2D eigenvalue weighted by Crippen LogP contribution is -2.27. The highest BCUT2D eigenvalue weighted by Gasteiger charge is 2.30. The Morgan fingerprint density at radius 3 is 2.22 bits per heavy atom. The third kappa shape index (κ3) is 2.91. The fourth-order valence-corrected chi connectivity index (χ4v) is 1.61. The number of Topliss-reactive ketones (excluding diaryl/α,β-unsaturated/α-hetero) is 1. The van der Waals surface area contributed by atoms with E-state index in [1.807, 2.05) is 0 Å². The summed E-state index contributed by atoms with van der Waals surface area (Å²) in [4.78, 5) is 23.5. The molecule has 18 heavy (non-hydrogen) atoms. The van der Waals surface area contributed by atoms with Crippen molar-refractivity contribution < 1.29 is 23.1 Å². The van der Waals surface area contributed by atoms with Gasteiger partial charge in [0, 0.05) is 0 Å². The molecule has 0 aliphatic rings. The number of benzene rings is 1. The minimum absolute atomic E-state index is 0.113. The van der Waals surface area contributed by atoms with Crippen LogP contribution in [-0.2, 0) is 9.53 Å². The van der Waals surface area contributed by atoms with Gasteiger partial charge in [0.1, 0.15) is 17.6 Å². The molecule has 0 aliphatic carbocycles. The molecular weight excluding hydrogens is 242 g/mol. The van der Waals surface area contributed by atoms with Crippen molar-refractivity contribution in [1.29, 1.82) is 0 Å². The zero-order valence-corrected chi connectivity index (χ0v) is 10.2. The van der Waals surface area contributed by atoms with Crippen LogP contribution in [0.5, 0.6) is 0 Å². The molecule has 5 heteroatoms. The van der Waals surface area contributed by atoms with E-state index in [1.54, 1.807) is 13.8 Å². The van der Waals surface area contributed by atoms with Gasteiger partial charge in [-0.25, -0.2) is 8.78 Å². The van der Waals surface area contributed by atoms with E-state index in [9.17, 15) is 18.4 Å². The van der Waals surface area contributed by atoms with Crippen LogP contribution in [0, 0.1) is 17.6 Å². The average molecular weight is 256 g/mol. The van der Waals surface area contributed by atoms with E-state index in [4.69, 9.17) is 4.74 Å².